The number of alkyl halides is 3. The van der Waals surface area contributed by atoms with E-state index in [0.29, 0.717) is 0 Å². The summed E-state index contributed by atoms with van der Waals surface area (Å²) in [5, 5.41) is 34.0. The fourth-order valence-electron chi connectivity index (χ4n) is 2.85. The minimum atomic E-state index is -5.25. The first-order chi connectivity index (χ1) is 16.8. The molecule has 3 rings (SSSR count). The SMILES string of the molecule is CNC(=O)c1cc(Oc2ccc(NC(=O)Nc3c(O)c(O)c(Cl)c(C(F)(F)F)c3O)c(F)c2)ccn1. The van der Waals surface area contributed by atoms with E-state index in [1.165, 1.54) is 31.4 Å². The molecule has 15 heteroatoms. The number of nitrogens with zero attached hydrogens (tertiary/aromatic N) is 1. The number of pyridine rings is 1. The largest absolute Gasteiger partial charge is 0.505 e. The number of halogens is 5. The van der Waals surface area contributed by atoms with Gasteiger partial charge < -0.3 is 36.0 Å². The standard InChI is InChI=1S/C21H15ClF4N4O6/c1-27-19(34)12-7-9(4-5-28-12)36-8-2-3-11(10(23)6-8)29-20(35)30-15-16(31)13(21(24,25)26)14(22)17(32)18(15)33/h2-7,31-33H,1H3,(H,27,34)(H2,29,30,35). The summed E-state index contributed by atoms with van der Waals surface area (Å²) in [7, 11) is 1.41. The highest BCUT2D eigenvalue weighted by molar-refractivity contribution is 6.33. The molecule has 0 saturated heterocycles. The molecule has 0 unspecified atom stereocenters. The van der Waals surface area contributed by atoms with Gasteiger partial charge >= 0.3 is 12.2 Å². The highest BCUT2D eigenvalue weighted by atomic mass is 35.5. The molecule has 0 aliphatic carbocycles. The second kappa shape index (κ2) is 10.0. The average molecular weight is 531 g/mol. The molecular weight excluding hydrogens is 516 g/mol. The molecule has 6 N–H and O–H groups in total. The molecule has 1 aromatic heterocycles. The zero-order valence-electron chi connectivity index (χ0n) is 17.9. The van der Waals surface area contributed by atoms with Crippen LogP contribution in [-0.2, 0) is 6.18 Å². The number of aromatic hydroxyl groups is 3. The van der Waals surface area contributed by atoms with Gasteiger partial charge in [-0.3, -0.25) is 9.78 Å². The van der Waals surface area contributed by atoms with Crippen molar-refractivity contribution in [1.82, 2.24) is 10.3 Å². The first-order valence-corrected chi connectivity index (χ1v) is 9.98. The van der Waals surface area contributed by atoms with Crippen molar-refractivity contribution < 1.29 is 47.2 Å². The number of carbonyl (C=O) groups excluding carboxylic acids is 2. The van der Waals surface area contributed by atoms with E-state index in [0.717, 1.165) is 12.1 Å². The Morgan fingerprint density at radius 3 is 2.28 bits per heavy atom. The summed E-state index contributed by atoms with van der Waals surface area (Å²) in [6.07, 6.45) is -3.96. The number of rotatable bonds is 5. The Kier molecular flexibility index (Phi) is 7.29. The minimum Gasteiger partial charge on any atom is -0.505 e. The molecular formula is C21H15ClF4N4O6. The fourth-order valence-corrected chi connectivity index (χ4v) is 3.14. The molecule has 0 radical (unpaired) electrons. The van der Waals surface area contributed by atoms with E-state index in [-0.39, 0.29) is 17.2 Å². The Balaban J connectivity index is 1.79. The number of hydrogen-bond donors (Lipinski definition) is 6. The summed E-state index contributed by atoms with van der Waals surface area (Å²) >= 11 is 5.35. The third kappa shape index (κ3) is 5.43. The van der Waals surface area contributed by atoms with Gasteiger partial charge in [-0.2, -0.15) is 13.2 Å². The van der Waals surface area contributed by atoms with Crippen LogP contribution in [0.4, 0.5) is 33.7 Å². The van der Waals surface area contributed by atoms with Crippen molar-refractivity contribution in [3.63, 3.8) is 0 Å². The van der Waals surface area contributed by atoms with Gasteiger partial charge in [-0.25, -0.2) is 9.18 Å². The van der Waals surface area contributed by atoms with Crippen LogP contribution in [0.15, 0.2) is 36.5 Å². The molecule has 1 heterocycles. The van der Waals surface area contributed by atoms with Crippen LogP contribution in [-0.4, -0.2) is 39.3 Å². The maximum atomic E-state index is 14.5. The smallest absolute Gasteiger partial charge is 0.421 e. The first kappa shape index (κ1) is 26.2. The second-order valence-electron chi connectivity index (χ2n) is 6.89. The van der Waals surface area contributed by atoms with Gasteiger partial charge in [0.25, 0.3) is 5.91 Å². The van der Waals surface area contributed by atoms with Crippen molar-refractivity contribution in [2.75, 3.05) is 17.7 Å². The zero-order valence-corrected chi connectivity index (χ0v) is 18.6. The molecule has 3 amide bonds. The lowest BCUT2D eigenvalue weighted by molar-refractivity contribution is -0.138. The topological polar surface area (TPSA) is 153 Å². The average Bonchev–Trinajstić information content (AvgIpc) is 2.81. The molecule has 36 heavy (non-hydrogen) atoms. The maximum Gasteiger partial charge on any atom is 0.421 e. The number of aromatic nitrogens is 1. The predicted molar refractivity (Wildman–Crippen MR) is 118 cm³/mol. The number of phenols is 3. The van der Waals surface area contributed by atoms with Gasteiger partial charge in [0.1, 0.15) is 39.3 Å². The summed E-state index contributed by atoms with van der Waals surface area (Å²) in [6.45, 7) is 0. The van der Waals surface area contributed by atoms with Crippen LogP contribution in [0, 0.1) is 5.82 Å². The molecule has 0 saturated carbocycles. The molecule has 0 aliphatic rings. The van der Waals surface area contributed by atoms with E-state index in [4.69, 9.17) is 16.3 Å². The lowest BCUT2D eigenvalue weighted by Crippen LogP contribution is -2.21. The number of amides is 3. The molecule has 190 valence electrons. The van der Waals surface area contributed by atoms with Crippen molar-refractivity contribution in [2.45, 2.75) is 6.18 Å². The Labute approximate surface area is 204 Å². The molecule has 0 fully saturated rings. The first-order valence-electron chi connectivity index (χ1n) is 9.60. The van der Waals surface area contributed by atoms with Crippen molar-refractivity contribution in [2.24, 2.45) is 0 Å². The number of nitrogens with one attached hydrogen (secondary N) is 3. The van der Waals surface area contributed by atoms with Crippen LogP contribution in [0.5, 0.6) is 28.7 Å². The zero-order chi connectivity index (χ0) is 26.8. The summed E-state index contributed by atoms with van der Waals surface area (Å²) in [5.74, 6) is -5.87. The predicted octanol–water partition coefficient (Wildman–Crippen LogP) is 4.81. The van der Waals surface area contributed by atoms with Gasteiger partial charge in [0.2, 0.25) is 0 Å². The minimum absolute atomic E-state index is 0.0406. The van der Waals surface area contributed by atoms with E-state index in [1.54, 1.807) is 5.32 Å². The molecule has 10 nitrogen and oxygen atoms in total. The van der Waals surface area contributed by atoms with Crippen LogP contribution in [0.25, 0.3) is 0 Å². The van der Waals surface area contributed by atoms with E-state index >= 15 is 0 Å². The summed E-state index contributed by atoms with van der Waals surface area (Å²) in [5.41, 5.74) is -3.54. The van der Waals surface area contributed by atoms with Gasteiger partial charge in [0.05, 0.1) is 5.69 Å². The number of phenolic OH excluding ortho intramolecular Hbond substituents is 3. The van der Waals surface area contributed by atoms with Crippen LogP contribution >= 0.6 is 11.6 Å². The summed E-state index contributed by atoms with van der Waals surface area (Å²) < 4.78 is 59.4. The Morgan fingerprint density at radius 1 is 1.00 bits per heavy atom. The normalized spacial score (nSPS) is 11.1. The van der Waals surface area contributed by atoms with E-state index in [1.807, 2.05) is 5.32 Å². The summed E-state index contributed by atoms with van der Waals surface area (Å²) in [6, 6.07) is 4.45. The lowest BCUT2D eigenvalue weighted by Gasteiger charge is -2.18. The third-order valence-electron chi connectivity index (χ3n) is 4.50. The van der Waals surface area contributed by atoms with Gasteiger partial charge in [-0.15, -0.1) is 0 Å². The third-order valence-corrected chi connectivity index (χ3v) is 4.87. The number of ether oxygens (including phenoxy) is 1. The van der Waals surface area contributed by atoms with Crippen LogP contribution in [0.1, 0.15) is 16.1 Å². The molecule has 2 aromatic carbocycles. The maximum absolute atomic E-state index is 14.5. The highest BCUT2D eigenvalue weighted by Gasteiger charge is 2.41. The molecule has 0 aliphatic heterocycles. The van der Waals surface area contributed by atoms with Crippen LogP contribution in [0.2, 0.25) is 5.02 Å². The number of carbonyl (C=O) groups is 2. The highest BCUT2D eigenvalue weighted by Crippen LogP contribution is 2.53. The van der Waals surface area contributed by atoms with Gasteiger partial charge in [0, 0.05) is 25.4 Å². The molecule has 3 aromatic rings. The Morgan fingerprint density at radius 2 is 1.67 bits per heavy atom. The van der Waals surface area contributed by atoms with Crippen molar-refractivity contribution in [3.05, 3.63) is 58.6 Å². The van der Waals surface area contributed by atoms with Crippen LogP contribution in [0.3, 0.4) is 0 Å². The molecule has 0 spiro atoms. The quantitative estimate of drug-likeness (QED) is 0.157. The Hall–Kier alpha value is -4.46. The number of urea groups is 1. The van der Waals surface area contributed by atoms with Gasteiger partial charge in [-0.1, -0.05) is 11.6 Å². The molecule has 0 bridgehead atoms. The second-order valence-corrected chi connectivity index (χ2v) is 7.26. The van der Waals surface area contributed by atoms with E-state index in [2.05, 4.69) is 10.3 Å². The number of hydrogen-bond acceptors (Lipinski definition) is 7. The Bertz CT molecular complexity index is 1350. The van der Waals surface area contributed by atoms with E-state index < -0.39 is 63.1 Å². The van der Waals surface area contributed by atoms with Crippen LogP contribution < -0.4 is 20.7 Å². The number of benzene rings is 2. The molecule has 0 atom stereocenters. The van der Waals surface area contributed by atoms with Gasteiger partial charge in [-0.05, 0) is 18.2 Å². The number of anilines is 2. The van der Waals surface area contributed by atoms with Crippen molar-refractivity contribution >= 4 is 34.9 Å². The van der Waals surface area contributed by atoms with E-state index in [9.17, 15) is 42.5 Å². The lowest BCUT2D eigenvalue weighted by atomic mass is 10.1. The van der Waals surface area contributed by atoms with Crippen molar-refractivity contribution in [3.8, 4) is 28.7 Å². The van der Waals surface area contributed by atoms with Gasteiger partial charge in [0.15, 0.2) is 17.2 Å². The monoisotopic (exact) mass is 530 g/mol. The fraction of sp³-hybridized carbons (Fsp3) is 0.0952. The summed E-state index contributed by atoms with van der Waals surface area (Å²) in [4.78, 5) is 27.7. The van der Waals surface area contributed by atoms with Crippen molar-refractivity contribution in [1.29, 1.82) is 0 Å².